The summed E-state index contributed by atoms with van der Waals surface area (Å²) >= 11 is 0. The Kier molecular flexibility index (Phi) is 4.06. The molecule has 0 radical (unpaired) electrons. The van der Waals surface area contributed by atoms with Gasteiger partial charge in [0.1, 0.15) is 5.75 Å². The molecule has 2 atom stereocenters. The van der Waals surface area contributed by atoms with Crippen LogP contribution in [0.25, 0.3) is 0 Å². The molecule has 0 aromatic heterocycles. The Morgan fingerprint density at radius 3 is 2.76 bits per heavy atom. The van der Waals surface area contributed by atoms with Crippen LogP contribution in [0, 0.1) is 5.92 Å². The van der Waals surface area contributed by atoms with Crippen molar-refractivity contribution in [2.24, 2.45) is 5.92 Å². The van der Waals surface area contributed by atoms with Crippen molar-refractivity contribution in [1.29, 1.82) is 0 Å². The molecule has 2 N–H and O–H groups in total. The van der Waals surface area contributed by atoms with Crippen molar-refractivity contribution in [3.8, 4) is 5.75 Å². The SMILES string of the molecule is CCC(CC1CC1)NC(C)c1cccc(O)c1. The van der Waals surface area contributed by atoms with E-state index in [4.69, 9.17) is 0 Å². The lowest BCUT2D eigenvalue weighted by molar-refractivity contribution is 0.402. The Labute approximate surface area is 104 Å². The summed E-state index contributed by atoms with van der Waals surface area (Å²) in [5, 5.41) is 13.2. The Hall–Kier alpha value is -1.02. The van der Waals surface area contributed by atoms with Crippen LogP contribution in [0.1, 0.15) is 51.1 Å². The van der Waals surface area contributed by atoms with E-state index in [1.54, 1.807) is 6.07 Å². The number of rotatable bonds is 6. The van der Waals surface area contributed by atoms with Crippen LogP contribution >= 0.6 is 0 Å². The fraction of sp³-hybridized carbons (Fsp3) is 0.600. The van der Waals surface area contributed by atoms with Gasteiger partial charge < -0.3 is 10.4 Å². The maximum absolute atomic E-state index is 9.48. The minimum Gasteiger partial charge on any atom is -0.508 e. The summed E-state index contributed by atoms with van der Waals surface area (Å²) in [6.45, 7) is 4.42. The zero-order valence-corrected chi connectivity index (χ0v) is 10.8. The Morgan fingerprint density at radius 2 is 2.18 bits per heavy atom. The topological polar surface area (TPSA) is 32.3 Å². The molecule has 0 amide bonds. The minimum absolute atomic E-state index is 0.311. The summed E-state index contributed by atoms with van der Waals surface area (Å²) in [7, 11) is 0. The van der Waals surface area contributed by atoms with Crippen LogP contribution in [0.2, 0.25) is 0 Å². The quantitative estimate of drug-likeness (QED) is 0.786. The molecule has 0 aliphatic heterocycles. The molecule has 0 saturated heterocycles. The number of benzene rings is 1. The van der Waals surface area contributed by atoms with Gasteiger partial charge >= 0.3 is 0 Å². The smallest absolute Gasteiger partial charge is 0.115 e. The molecule has 2 heteroatoms. The monoisotopic (exact) mass is 233 g/mol. The van der Waals surface area contributed by atoms with E-state index in [0.717, 1.165) is 5.92 Å². The third-order valence-electron chi connectivity index (χ3n) is 3.66. The van der Waals surface area contributed by atoms with E-state index in [2.05, 4.69) is 25.2 Å². The number of hydrogen-bond donors (Lipinski definition) is 2. The van der Waals surface area contributed by atoms with Crippen molar-refractivity contribution < 1.29 is 5.11 Å². The first-order valence-corrected chi connectivity index (χ1v) is 6.74. The fourth-order valence-corrected chi connectivity index (χ4v) is 2.35. The van der Waals surface area contributed by atoms with Crippen molar-refractivity contribution >= 4 is 0 Å². The van der Waals surface area contributed by atoms with Gasteiger partial charge in [0, 0.05) is 12.1 Å². The Morgan fingerprint density at radius 1 is 1.41 bits per heavy atom. The predicted molar refractivity (Wildman–Crippen MR) is 71.1 cm³/mol. The lowest BCUT2D eigenvalue weighted by Gasteiger charge is -2.22. The summed E-state index contributed by atoms with van der Waals surface area (Å²) in [6, 6.07) is 8.47. The second-order valence-corrected chi connectivity index (χ2v) is 5.27. The maximum Gasteiger partial charge on any atom is 0.115 e. The van der Waals surface area contributed by atoms with Gasteiger partial charge in [-0.3, -0.25) is 0 Å². The molecule has 2 rings (SSSR count). The third-order valence-corrected chi connectivity index (χ3v) is 3.66. The largest absolute Gasteiger partial charge is 0.508 e. The summed E-state index contributed by atoms with van der Waals surface area (Å²) in [6.07, 6.45) is 5.32. The van der Waals surface area contributed by atoms with E-state index >= 15 is 0 Å². The highest BCUT2D eigenvalue weighted by molar-refractivity contribution is 5.29. The van der Waals surface area contributed by atoms with E-state index < -0.39 is 0 Å². The number of phenols is 1. The van der Waals surface area contributed by atoms with Crippen LogP contribution in [0.4, 0.5) is 0 Å². The molecule has 0 heterocycles. The molecule has 1 saturated carbocycles. The number of aromatic hydroxyl groups is 1. The van der Waals surface area contributed by atoms with Crippen molar-refractivity contribution in [3.05, 3.63) is 29.8 Å². The molecule has 0 spiro atoms. The van der Waals surface area contributed by atoms with Crippen LogP contribution in [-0.2, 0) is 0 Å². The molecule has 1 fully saturated rings. The van der Waals surface area contributed by atoms with E-state index in [9.17, 15) is 5.11 Å². The fourth-order valence-electron chi connectivity index (χ4n) is 2.35. The first-order chi connectivity index (χ1) is 8.19. The molecule has 2 nitrogen and oxygen atoms in total. The summed E-state index contributed by atoms with van der Waals surface area (Å²) < 4.78 is 0. The lowest BCUT2D eigenvalue weighted by Crippen LogP contribution is -2.31. The van der Waals surface area contributed by atoms with Crippen molar-refractivity contribution in [1.82, 2.24) is 5.32 Å². The first kappa shape index (κ1) is 12.4. The third kappa shape index (κ3) is 3.74. The molecule has 1 aliphatic carbocycles. The van der Waals surface area contributed by atoms with Gasteiger partial charge in [-0.15, -0.1) is 0 Å². The van der Waals surface area contributed by atoms with Crippen LogP contribution in [0.15, 0.2) is 24.3 Å². The molecule has 0 bridgehead atoms. The minimum atomic E-state index is 0.311. The summed E-state index contributed by atoms with van der Waals surface area (Å²) in [5.41, 5.74) is 1.17. The Balaban J connectivity index is 1.91. The number of hydrogen-bond acceptors (Lipinski definition) is 2. The van der Waals surface area contributed by atoms with Gasteiger partial charge in [-0.2, -0.15) is 0 Å². The van der Waals surface area contributed by atoms with Crippen LogP contribution < -0.4 is 5.32 Å². The number of nitrogens with one attached hydrogen (secondary N) is 1. The van der Waals surface area contributed by atoms with E-state index in [-0.39, 0.29) is 0 Å². The Bertz CT molecular complexity index is 360. The van der Waals surface area contributed by atoms with Gasteiger partial charge in [-0.25, -0.2) is 0 Å². The van der Waals surface area contributed by atoms with E-state index in [1.165, 1.54) is 31.2 Å². The molecular weight excluding hydrogens is 210 g/mol. The van der Waals surface area contributed by atoms with Crippen LogP contribution in [-0.4, -0.2) is 11.1 Å². The lowest BCUT2D eigenvalue weighted by atomic mass is 10.0. The second-order valence-electron chi connectivity index (χ2n) is 5.27. The van der Waals surface area contributed by atoms with Crippen molar-refractivity contribution in [2.75, 3.05) is 0 Å². The van der Waals surface area contributed by atoms with Crippen molar-refractivity contribution in [3.63, 3.8) is 0 Å². The average molecular weight is 233 g/mol. The molecular formula is C15H23NO. The zero-order valence-electron chi connectivity index (χ0n) is 10.8. The van der Waals surface area contributed by atoms with Gasteiger partial charge in [-0.05, 0) is 43.4 Å². The van der Waals surface area contributed by atoms with Crippen molar-refractivity contribution in [2.45, 2.75) is 51.6 Å². The highest BCUT2D eigenvalue weighted by atomic mass is 16.3. The standard InChI is InChI=1S/C15H23NO/c1-3-14(9-12-7-8-12)16-11(2)13-5-4-6-15(17)10-13/h4-6,10-12,14,16-17H,3,7-9H2,1-2H3. The van der Waals surface area contributed by atoms with Gasteiger partial charge in [0.25, 0.3) is 0 Å². The normalized spacial score (nSPS) is 18.9. The zero-order chi connectivity index (χ0) is 12.3. The van der Waals surface area contributed by atoms with Gasteiger partial charge in [0.2, 0.25) is 0 Å². The van der Waals surface area contributed by atoms with Gasteiger partial charge in [0.05, 0.1) is 0 Å². The molecule has 17 heavy (non-hydrogen) atoms. The highest BCUT2D eigenvalue weighted by Gasteiger charge is 2.25. The molecule has 2 unspecified atom stereocenters. The summed E-state index contributed by atoms with van der Waals surface area (Å²) in [4.78, 5) is 0. The van der Waals surface area contributed by atoms with E-state index in [0.29, 0.717) is 17.8 Å². The van der Waals surface area contributed by atoms with Crippen LogP contribution in [0.3, 0.4) is 0 Å². The van der Waals surface area contributed by atoms with Gasteiger partial charge in [0.15, 0.2) is 0 Å². The first-order valence-electron chi connectivity index (χ1n) is 6.74. The molecule has 1 aromatic carbocycles. The molecule has 1 aromatic rings. The van der Waals surface area contributed by atoms with E-state index in [1.807, 2.05) is 12.1 Å². The summed E-state index contributed by atoms with van der Waals surface area (Å²) in [5.74, 6) is 1.32. The maximum atomic E-state index is 9.48. The molecule has 1 aliphatic rings. The predicted octanol–water partition coefficient (Wildman–Crippen LogP) is 3.62. The highest BCUT2D eigenvalue weighted by Crippen LogP contribution is 2.34. The number of phenolic OH excluding ortho intramolecular Hbond substituents is 1. The second kappa shape index (κ2) is 5.54. The average Bonchev–Trinajstić information content (AvgIpc) is 3.12. The molecule has 94 valence electrons. The van der Waals surface area contributed by atoms with Crippen LogP contribution in [0.5, 0.6) is 5.75 Å². The van der Waals surface area contributed by atoms with Gasteiger partial charge in [-0.1, -0.05) is 31.9 Å².